The Morgan fingerprint density at radius 3 is 2.62 bits per heavy atom. The predicted molar refractivity (Wildman–Crippen MR) is 92.8 cm³/mol. The summed E-state index contributed by atoms with van der Waals surface area (Å²) in [6, 6.07) is -1.85. The van der Waals surface area contributed by atoms with Crippen LogP contribution in [0.25, 0.3) is 0 Å². The number of aromatic amines is 1. The molecule has 0 unspecified atom stereocenters. The summed E-state index contributed by atoms with van der Waals surface area (Å²) in [5.74, 6) is -2.45. The van der Waals surface area contributed by atoms with Gasteiger partial charge in [0.2, 0.25) is 11.8 Å². The lowest BCUT2D eigenvalue weighted by atomic mass is 10.1. The topological polar surface area (TPSA) is 215 Å². The molecule has 0 spiro atoms. The number of nitrogens with one attached hydrogen (secondary N) is 3. The number of imidazole rings is 1. The van der Waals surface area contributed by atoms with Crippen LogP contribution in [0.5, 0.6) is 0 Å². The van der Waals surface area contributed by atoms with E-state index in [1.165, 1.54) is 6.33 Å². The number of carboxylic acid groups (broad SMARTS) is 1. The first-order valence-electron chi connectivity index (χ1n) is 7.87. The summed E-state index contributed by atoms with van der Waals surface area (Å²) < 4.78 is 0. The van der Waals surface area contributed by atoms with Gasteiger partial charge >= 0.3 is 5.97 Å². The van der Waals surface area contributed by atoms with Gasteiger partial charge in [0.05, 0.1) is 12.4 Å². The lowest BCUT2D eigenvalue weighted by molar-refractivity contribution is -0.138. The molecule has 0 aliphatic carbocycles. The van der Waals surface area contributed by atoms with Gasteiger partial charge in [-0.3, -0.25) is 19.4 Å². The molecule has 0 aliphatic heterocycles. The number of rotatable bonds is 11. The van der Waals surface area contributed by atoms with Crippen molar-refractivity contribution in [2.24, 2.45) is 22.2 Å². The van der Waals surface area contributed by atoms with E-state index in [0.29, 0.717) is 12.1 Å². The number of amides is 2. The summed E-state index contributed by atoms with van der Waals surface area (Å²) >= 11 is 0. The number of H-pyrrole nitrogens is 1. The molecule has 144 valence electrons. The zero-order valence-electron chi connectivity index (χ0n) is 14.1. The minimum Gasteiger partial charge on any atom is -0.480 e. The summed E-state index contributed by atoms with van der Waals surface area (Å²) in [5, 5.41) is 13.4. The van der Waals surface area contributed by atoms with Crippen molar-refractivity contribution in [1.29, 1.82) is 0 Å². The zero-order chi connectivity index (χ0) is 19.5. The van der Waals surface area contributed by atoms with Gasteiger partial charge in [0, 0.05) is 24.9 Å². The maximum Gasteiger partial charge on any atom is 0.322 e. The van der Waals surface area contributed by atoms with Crippen molar-refractivity contribution in [3.8, 4) is 0 Å². The highest BCUT2D eigenvalue weighted by atomic mass is 16.4. The first-order valence-corrected chi connectivity index (χ1v) is 7.87. The molecular weight excluding hydrogens is 344 g/mol. The van der Waals surface area contributed by atoms with Crippen molar-refractivity contribution in [2.75, 3.05) is 13.1 Å². The standard InChI is InChI=1S/C14H24N8O4/c15-9(4-8-5-18-7-21-8)12(25)22-10(2-1-3-19-14(16)17)13(26)20-6-11(23)24/h5,7,9-10H,1-4,6,15H2,(H,18,21)(H,20,26)(H,22,25)(H,23,24)(H4,16,17,19)/t9-,10-/m0/s1. The van der Waals surface area contributed by atoms with Crippen LogP contribution in [0, 0.1) is 0 Å². The number of hydrogen-bond acceptors (Lipinski definition) is 6. The molecule has 0 saturated heterocycles. The number of carbonyl (C=O) groups excluding carboxylic acids is 2. The summed E-state index contributed by atoms with van der Waals surface area (Å²) in [6.07, 6.45) is 3.83. The highest BCUT2D eigenvalue weighted by molar-refractivity contribution is 5.91. The highest BCUT2D eigenvalue weighted by Crippen LogP contribution is 2.02. The molecule has 0 saturated carbocycles. The molecule has 2 atom stereocenters. The smallest absolute Gasteiger partial charge is 0.322 e. The third kappa shape index (κ3) is 8.10. The fourth-order valence-corrected chi connectivity index (χ4v) is 2.06. The van der Waals surface area contributed by atoms with Crippen LogP contribution in [0.3, 0.4) is 0 Å². The number of aliphatic imine (C=N–C) groups is 1. The quantitative estimate of drug-likeness (QED) is 0.121. The first-order chi connectivity index (χ1) is 12.3. The Morgan fingerprint density at radius 1 is 1.31 bits per heavy atom. The van der Waals surface area contributed by atoms with E-state index >= 15 is 0 Å². The predicted octanol–water partition coefficient (Wildman–Crippen LogP) is -2.98. The highest BCUT2D eigenvalue weighted by Gasteiger charge is 2.24. The largest absolute Gasteiger partial charge is 0.480 e. The lowest BCUT2D eigenvalue weighted by Crippen LogP contribution is -2.52. The molecule has 12 heteroatoms. The van der Waals surface area contributed by atoms with Crippen molar-refractivity contribution in [1.82, 2.24) is 20.6 Å². The summed E-state index contributed by atoms with van der Waals surface area (Å²) in [4.78, 5) is 45.4. The third-order valence-corrected chi connectivity index (χ3v) is 3.32. The van der Waals surface area contributed by atoms with Crippen molar-refractivity contribution in [2.45, 2.75) is 31.3 Å². The molecular formula is C14H24N8O4. The molecule has 12 nitrogen and oxygen atoms in total. The van der Waals surface area contributed by atoms with Gasteiger partial charge in [-0.2, -0.15) is 0 Å². The minimum absolute atomic E-state index is 0.0810. The Hall–Kier alpha value is -3.15. The molecule has 0 aliphatic rings. The van der Waals surface area contributed by atoms with Crippen LogP contribution >= 0.6 is 0 Å². The lowest BCUT2D eigenvalue weighted by Gasteiger charge is -2.20. The van der Waals surface area contributed by atoms with Crippen LogP contribution in [0.2, 0.25) is 0 Å². The van der Waals surface area contributed by atoms with E-state index in [4.69, 9.17) is 22.3 Å². The Labute approximate surface area is 149 Å². The molecule has 0 fully saturated rings. The van der Waals surface area contributed by atoms with Crippen LogP contribution in [0.4, 0.5) is 0 Å². The fraction of sp³-hybridized carbons (Fsp3) is 0.500. The van der Waals surface area contributed by atoms with Gasteiger partial charge in [0.25, 0.3) is 0 Å². The Morgan fingerprint density at radius 2 is 2.04 bits per heavy atom. The zero-order valence-corrected chi connectivity index (χ0v) is 14.1. The van der Waals surface area contributed by atoms with Gasteiger partial charge in [0.1, 0.15) is 12.6 Å². The number of carbonyl (C=O) groups is 3. The number of nitrogens with zero attached hydrogens (tertiary/aromatic N) is 2. The molecule has 1 heterocycles. The molecule has 0 bridgehead atoms. The van der Waals surface area contributed by atoms with E-state index in [1.54, 1.807) is 6.20 Å². The van der Waals surface area contributed by atoms with Gasteiger partial charge < -0.3 is 37.9 Å². The number of guanidine groups is 1. The van der Waals surface area contributed by atoms with Gasteiger partial charge in [-0.25, -0.2) is 4.98 Å². The van der Waals surface area contributed by atoms with Crippen molar-refractivity contribution in [3.05, 3.63) is 18.2 Å². The molecule has 10 N–H and O–H groups in total. The van der Waals surface area contributed by atoms with Gasteiger partial charge in [-0.15, -0.1) is 0 Å². The van der Waals surface area contributed by atoms with E-state index in [-0.39, 0.29) is 25.3 Å². The average molecular weight is 368 g/mol. The molecule has 1 rings (SSSR count). The average Bonchev–Trinajstić information content (AvgIpc) is 3.07. The van der Waals surface area contributed by atoms with Gasteiger partial charge in [-0.1, -0.05) is 0 Å². The molecule has 0 aromatic carbocycles. The number of aromatic nitrogens is 2. The normalized spacial score (nSPS) is 12.7. The van der Waals surface area contributed by atoms with Gasteiger partial charge in [-0.05, 0) is 12.8 Å². The fourth-order valence-electron chi connectivity index (χ4n) is 2.06. The second-order valence-electron chi connectivity index (χ2n) is 5.51. The van der Waals surface area contributed by atoms with E-state index < -0.39 is 36.4 Å². The molecule has 1 aromatic heterocycles. The van der Waals surface area contributed by atoms with Crippen molar-refractivity contribution >= 4 is 23.7 Å². The van der Waals surface area contributed by atoms with E-state index in [1.807, 2.05) is 0 Å². The second kappa shape index (κ2) is 10.7. The van der Waals surface area contributed by atoms with E-state index in [9.17, 15) is 14.4 Å². The first kappa shape index (κ1) is 20.9. The number of hydrogen-bond donors (Lipinski definition) is 7. The summed E-state index contributed by atoms with van der Waals surface area (Å²) in [6.45, 7) is -0.291. The number of nitrogens with two attached hydrogens (primary N) is 3. The Balaban J connectivity index is 2.62. The second-order valence-corrected chi connectivity index (χ2v) is 5.51. The molecule has 0 radical (unpaired) electrons. The van der Waals surface area contributed by atoms with Crippen LogP contribution in [0.1, 0.15) is 18.5 Å². The summed E-state index contributed by atoms with van der Waals surface area (Å²) in [7, 11) is 0. The van der Waals surface area contributed by atoms with Crippen LogP contribution in [-0.2, 0) is 20.8 Å². The van der Waals surface area contributed by atoms with Crippen molar-refractivity contribution in [3.63, 3.8) is 0 Å². The van der Waals surface area contributed by atoms with Crippen LogP contribution in [-0.4, -0.2) is 64.0 Å². The monoisotopic (exact) mass is 368 g/mol. The Bertz CT molecular complexity index is 627. The third-order valence-electron chi connectivity index (χ3n) is 3.32. The Kier molecular flexibility index (Phi) is 8.57. The van der Waals surface area contributed by atoms with Crippen molar-refractivity contribution < 1.29 is 19.5 Å². The molecule has 1 aromatic rings. The van der Waals surface area contributed by atoms with Crippen LogP contribution in [0.15, 0.2) is 17.5 Å². The van der Waals surface area contributed by atoms with E-state index in [0.717, 1.165) is 0 Å². The van der Waals surface area contributed by atoms with E-state index in [2.05, 4.69) is 25.6 Å². The summed E-state index contributed by atoms with van der Waals surface area (Å²) in [5.41, 5.74) is 17.0. The minimum atomic E-state index is -1.19. The SMILES string of the molecule is NC(N)=NCCC[C@H](NC(=O)[C@@H](N)Cc1cnc[nH]1)C(=O)NCC(=O)O. The number of carboxylic acids is 1. The van der Waals surface area contributed by atoms with Gasteiger partial charge in [0.15, 0.2) is 5.96 Å². The maximum atomic E-state index is 12.2. The molecule has 26 heavy (non-hydrogen) atoms. The number of aliphatic carboxylic acids is 1. The molecule has 2 amide bonds. The maximum absolute atomic E-state index is 12.2. The van der Waals surface area contributed by atoms with Crippen LogP contribution < -0.4 is 27.8 Å².